The van der Waals surface area contributed by atoms with E-state index < -0.39 is 14.2 Å². The molecule has 1 atom stereocenters. The number of nitrogens with zero attached hydrogens (tertiary/aromatic N) is 2. The normalized spacial score (nSPS) is 16.5. The van der Waals surface area contributed by atoms with Crippen LogP contribution in [0.2, 0.25) is 25.7 Å². The first kappa shape index (κ1) is 20.6. The summed E-state index contributed by atoms with van der Waals surface area (Å²) in [5.41, 5.74) is 3.26. The van der Waals surface area contributed by atoms with Crippen LogP contribution in [0.5, 0.6) is 0 Å². The number of ether oxygens (including phenoxy) is 3. The summed E-state index contributed by atoms with van der Waals surface area (Å²) in [4.78, 5) is 11.9. The van der Waals surface area contributed by atoms with Crippen molar-refractivity contribution in [1.29, 1.82) is 0 Å². The molecule has 7 nitrogen and oxygen atoms in total. The van der Waals surface area contributed by atoms with E-state index >= 15 is 0 Å². The molecule has 3 rings (SSSR count). The predicted molar refractivity (Wildman–Crippen MR) is 109 cm³/mol. The molecule has 1 N–H and O–H groups in total. The molecule has 0 aliphatic carbocycles. The van der Waals surface area contributed by atoms with E-state index in [1.165, 1.54) is 5.56 Å². The van der Waals surface area contributed by atoms with Crippen LogP contribution in [0, 0.1) is 0 Å². The lowest BCUT2D eigenvalue weighted by Gasteiger charge is -2.27. The molecule has 0 saturated carbocycles. The maximum absolute atomic E-state index is 11.9. The topological polar surface area (TPSA) is 74.6 Å². The summed E-state index contributed by atoms with van der Waals surface area (Å²) in [6.07, 6.45) is 3.71. The first-order valence-corrected chi connectivity index (χ1v) is 13.4. The van der Waals surface area contributed by atoms with Crippen molar-refractivity contribution in [2.45, 2.75) is 38.2 Å². The Labute approximate surface area is 167 Å². The summed E-state index contributed by atoms with van der Waals surface area (Å²) in [5.74, 6) is 0. The van der Waals surface area contributed by atoms with Crippen molar-refractivity contribution in [3.8, 4) is 5.69 Å². The number of rotatable bonds is 8. The molecule has 1 unspecified atom stereocenters. The number of aromatic nitrogens is 2. The second-order valence-corrected chi connectivity index (χ2v) is 13.7. The number of carbonyl (C=O) groups is 1. The van der Waals surface area contributed by atoms with E-state index in [2.05, 4.69) is 30.1 Å². The van der Waals surface area contributed by atoms with Crippen molar-refractivity contribution in [1.82, 2.24) is 15.1 Å². The van der Waals surface area contributed by atoms with Crippen LogP contribution < -0.4 is 5.32 Å². The van der Waals surface area contributed by atoms with Gasteiger partial charge in [0.1, 0.15) is 19.4 Å². The van der Waals surface area contributed by atoms with Crippen molar-refractivity contribution < 1.29 is 19.0 Å². The molecule has 0 bridgehead atoms. The third kappa shape index (κ3) is 5.67. The lowest BCUT2D eigenvalue weighted by molar-refractivity contribution is -0.00599. The zero-order valence-corrected chi connectivity index (χ0v) is 17.8. The Balaban J connectivity index is 1.50. The Kier molecular flexibility index (Phi) is 6.87. The highest BCUT2D eigenvalue weighted by Gasteiger charge is 2.25. The van der Waals surface area contributed by atoms with Crippen molar-refractivity contribution >= 4 is 14.2 Å². The smallest absolute Gasteiger partial charge is 0.409 e. The SMILES string of the molecule is C[Si](C)(C)CCOCNC(=O)OCC1OCCc2c1cccc2-n1cccn1. The third-order valence-electron chi connectivity index (χ3n) is 4.64. The molecule has 28 heavy (non-hydrogen) atoms. The molecular weight excluding hydrogens is 374 g/mol. The molecule has 152 valence electrons. The fraction of sp³-hybridized carbons (Fsp3) is 0.500. The fourth-order valence-corrected chi connectivity index (χ4v) is 3.84. The number of hydrogen-bond donors (Lipinski definition) is 1. The zero-order valence-electron chi connectivity index (χ0n) is 16.8. The van der Waals surface area contributed by atoms with Crippen molar-refractivity contribution in [2.24, 2.45) is 0 Å². The predicted octanol–water partition coefficient (Wildman–Crippen LogP) is 3.52. The van der Waals surface area contributed by atoms with Gasteiger partial charge >= 0.3 is 6.09 Å². The van der Waals surface area contributed by atoms with Gasteiger partial charge in [-0.2, -0.15) is 5.10 Å². The fourth-order valence-electron chi connectivity index (χ4n) is 3.09. The van der Waals surface area contributed by atoms with Gasteiger partial charge in [-0.1, -0.05) is 31.8 Å². The Bertz CT molecular complexity index is 774. The standard InChI is InChI=1S/C20H29N3O4Si/c1-28(2,3)13-12-25-15-21-20(24)27-14-19-17-6-4-7-18(16(17)8-11-26-19)23-10-5-9-22-23/h4-7,9-10,19H,8,11-15H2,1-3H3,(H,21,24). The second kappa shape index (κ2) is 9.36. The molecule has 0 saturated heterocycles. The third-order valence-corrected chi connectivity index (χ3v) is 6.34. The highest BCUT2D eigenvalue weighted by molar-refractivity contribution is 6.76. The van der Waals surface area contributed by atoms with Gasteiger partial charge in [0, 0.05) is 27.1 Å². The zero-order chi connectivity index (χ0) is 20.0. The van der Waals surface area contributed by atoms with E-state index in [0.717, 1.165) is 23.7 Å². The van der Waals surface area contributed by atoms with Gasteiger partial charge in [-0.05, 0) is 35.7 Å². The number of benzene rings is 1. The first-order chi connectivity index (χ1) is 13.4. The van der Waals surface area contributed by atoms with E-state index in [4.69, 9.17) is 14.2 Å². The molecule has 2 aromatic rings. The van der Waals surface area contributed by atoms with Gasteiger partial charge in [0.2, 0.25) is 0 Å². The minimum Gasteiger partial charge on any atom is -0.446 e. The van der Waals surface area contributed by atoms with E-state index in [1.807, 2.05) is 35.1 Å². The molecule has 0 radical (unpaired) electrons. The largest absolute Gasteiger partial charge is 0.446 e. The molecule has 1 aromatic carbocycles. The van der Waals surface area contributed by atoms with Gasteiger partial charge in [0.15, 0.2) is 0 Å². The van der Waals surface area contributed by atoms with Gasteiger partial charge in [-0.15, -0.1) is 0 Å². The Hall–Kier alpha value is -2.16. The number of amides is 1. The Morgan fingerprint density at radius 2 is 2.21 bits per heavy atom. The lowest BCUT2D eigenvalue weighted by atomic mass is 9.96. The van der Waals surface area contributed by atoms with Crippen molar-refractivity contribution in [2.75, 3.05) is 26.6 Å². The van der Waals surface area contributed by atoms with Gasteiger partial charge in [-0.25, -0.2) is 9.48 Å². The molecule has 1 amide bonds. The summed E-state index contributed by atoms with van der Waals surface area (Å²) in [7, 11) is -1.12. The highest BCUT2D eigenvalue weighted by Crippen LogP contribution is 2.31. The van der Waals surface area contributed by atoms with Crippen molar-refractivity contribution in [3.05, 3.63) is 47.8 Å². The Morgan fingerprint density at radius 3 is 2.96 bits per heavy atom. The van der Waals surface area contributed by atoms with E-state index in [-0.39, 0.29) is 19.4 Å². The molecule has 1 aromatic heterocycles. The van der Waals surface area contributed by atoms with Crippen LogP contribution in [0.25, 0.3) is 5.69 Å². The summed E-state index contributed by atoms with van der Waals surface area (Å²) < 4.78 is 18.5. The summed E-state index contributed by atoms with van der Waals surface area (Å²) >= 11 is 0. The number of alkyl carbamates (subject to hydrolysis) is 1. The second-order valence-electron chi connectivity index (χ2n) is 8.04. The van der Waals surface area contributed by atoms with Crippen LogP contribution in [0.1, 0.15) is 17.2 Å². The number of nitrogens with one attached hydrogen (secondary N) is 1. The van der Waals surface area contributed by atoms with Crippen LogP contribution >= 0.6 is 0 Å². The van der Waals surface area contributed by atoms with Crippen LogP contribution in [0.3, 0.4) is 0 Å². The highest BCUT2D eigenvalue weighted by atomic mass is 28.3. The van der Waals surface area contributed by atoms with Crippen LogP contribution in [0.4, 0.5) is 4.79 Å². The van der Waals surface area contributed by atoms with Crippen LogP contribution in [-0.2, 0) is 20.6 Å². The summed E-state index contributed by atoms with van der Waals surface area (Å²) in [6, 6.07) is 9.00. The molecule has 0 spiro atoms. The molecule has 8 heteroatoms. The monoisotopic (exact) mass is 403 g/mol. The Morgan fingerprint density at radius 1 is 1.36 bits per heavy atom. The molecule has 2 heterocycles. The van der Waals surface area contributed by atoms with Gasteiger partial charge < -0.3 is 14.2 Å². The summed E-state index contributed by atoms with van der Waals surface area (Å²) in [6.45, 7) is 8.44. The number of fused-ring (bicyclic) bond motifs is 1. The molecule has 1 aliphatic heterocycles. The lowest BCUT2D eigenvalue weighted by Crippen LogP contribution is -2.31. The van der Waals surface area contributed by atoms with E-state index in [1.54, 1.807) is 6.20 Å². The maximum Gasteiger partial charge on any atom is 0.409 e. The molecule has 0 fully saturated rings. The number of hydrogen-bond acceptors (Lipinski definition) is 5. The number of carbonyl (C=O) groups excluding carboxylic acids is 1. The average molecular weight is 404 g/mol. The maximum atomic E-state index is 11.9. The van der Waals surface area contributed by atoms with Crippen molar-refractivity contribution in [3.63, 3.8) is 0 Å². The quantitative estimate of drug-likeness (QED) is 0.415. The van der Waals surface area contributed by atoms with Crippen LogP contribution in [-0.4, -0.2) is 50.5 Å². The van der Waals surface area contributed by atoms with Crippen LogP contribution in [0.15, 0.2) is 36.7 Å². The minimum absolute atomic E-state index is 0.162. The van der Waals surface area contributed by atoms with E-state index in [9.17, 15) is 4.79 Å². The van der Waals surface area contributed by atoms with E-state index in [0.29, 0.717) is 13.2 Å². The van der Waals surface area contributed by atoms with Gasteiger partial charge in [0.05, 0.1) is 12.3 Å². The minimum atomic E-state index is -1.12. The molecular formula is C20H29N3O4Si. The summed E-state index contributed by atoms with van der Waals surface area (Å²) in [5, 5.41) is 6.96. The van der Waals surface area contributed by atoms with Gasteiger partial charge in [0.25, 0.3) is 0 Å². The first-order valence-electron chi connectivity index (χ1n) is 9.66. The average Bonchev–Trinajstić information content (AvgIpc) is 3.19. The van der Waals surface area contributed by atoms with Gasteiger partial charge in [-0.3, -0.25) is 5.32 Å². The molecule has 1 aliphatic rings.